The molecule has 11 nitrogen and oxygen atoms in total. The summed E-state index contributed by atoms with van der Waals surface area (Å²) in [5.41, 5.74) is 5.05. The molecule has 7 heterocycles. The van der Waals surface area contributed by atoms with Crippen molar-refractivity contribution in [2.75, 3.05) is 38.4 Å². The van der Waals surface area contributed by atoms with Gasteiger partial charge in [0.05, 0.1) is 44.9 Å². The van der Waals surface area contributed by atoms with Crippen molar-refractivity contribution >= 4 is 37.1 Å². The third-order valence-electron chi connectivity index (χ3n) is 10.3. The van der Waals surface area contributed by atoms with Crippen LogP contribution >= 0.6 is 11.3 Å². The van der Waals surface area contributed by atoms with Gasteiger partial charge in [0.1, 0.15) is 5.82 Å². The third kappa shape index (κ3) is 6.22. The maximum absolute atomic E-state index is 14.3. The summed E-state index contributed by atoms with van der Waals surface area (Å²) in [5, 5.41) is 13.6. The largest absolute Gasteiger partial charge is 0.419 e. The Morgan fingerprint density at radius 3 is 2.70 bits per heavy atom. The Kier molecular flexibility index (Phi) is 8.95. The highest BCUT2D eigenvalue weighted by Gasteiger charge is 2.43. The first-order valence-corrected chi connectivity index (χ1v) is 20.1. The van der Waals surface area contributed by atoms with Gasteiger partial charge in [0, 0.05) is 47.7 Å². The lowest BCUT2D eigenvalue weighted by Gasteiger charge is -2.23. The molecular weight excluding hydrogens is 671 g/mol. The van der Waals surface area contributed by atoms with Crippen molar-refractivity contribution in [1.29, 1.82) is 0 Å². The van der Waals surface area contributed by atoms with Crippen LogP contribution in [0.25, 0.3) is 32.0 Å². The van der Waals surface area contributed by atoms with E-state index in [0.29, 0.717) is 52.4 Å². The Labute approximate surface area is 296 Å². The zero-order valence-corrected chi connectivity index (χ0v) is 30.6. The van der Waals surface area contributed by atoms with Crippen molar-refractivity contribution in [3.05, 3.63) is 65.2 Å². The lowest BCUT2D eigenvalue weighted by Crippen LogP contribution is -2.17. The predicted molar refractivity (Wildman–Crippen MR) is 194 cm³/mol. The molecule has 5 aromatic heterocycles. The average Bonchev–Trinajstić information content (AvgIpc) is 3.89. The van der Waals surface area contributed by atoms with E-state index in [4.69, 9.17) is 19.1 Å². The first kappa shape index (κ1) is 33.4. The van der Waals surface area contributed by atoms with E-state index in [1.54, 1.807) is 11.3 Å². The number of aromatic nitrogens is 5. The molecule has 0 radical (unpaired) electrons. The number of thiophene rings is 1. The highest BCUT2D eigenvalue weighted by atomic mass is 32.2. The number of anilines is 1. The van der Waals surface area contributed by atoms with Gasteiger partial charge in [0.15, 0.2) is 9.84 Å². The topological polar surface area (TPSA) is 136 Å². The fourth-order valence-corrected chi connectivity index (χ4v) is 11.2. The van der Waals surface area contributed by atoms with Crippen molar-refractivity contribution in [2.24, 2.45) is 11.8 Å². The van der Waals surface area contributed by atoms with E-state index < -0.39 is 9.84 Å². The maximum atomic E-state index is 14.3. The molecule has 0 saturated carbocycles. The minimum absolute atomic E-state index is 0.0347. The van der Waals surface area contributed by atoms with Crippen molar-refractivity contribution in [1.82, 2.24) is 30.0 Å². The van der Waals surface area contributed by atoms with E-state index >= 15 is 0 Å². The minimum Gasteiger partial charge on any atom is -0.419 e. The lowest BCUT2D eigenvalue weighted by molar-refractivity contribution is 0.0639. The molecule has 1 unspecified atom stereocenters. The van der Waals surface area contributed by atoms with Gasteiger partial charge in [-0.3, -0.25) is 9.97 Å². The number of hydrogen-bond acceptors (Lipinski definition) is 12. The van der Waals surface area contributed by atoms with Crippen LogP contribution in [0.3, 0.4) is 0 Å². The molecule has 2 aliphatic heterocycles. The summed E-state index contributed by atoms with van der Waals surface area (Å²) in [6, 6.07) is 8.29. The van der Waals surface area contributed by atoms with Gasteiger partial charge in [0.2, 0.25) is 11.8 Å². The number of sulfone groups is 1. The highest BCUT2D eigenvalue weighted by molar-refractivity contribution is 7.92. The van der Waals surface area contributed by atoms with Crippen LogP contribution in [0.4, 0.5) is 5.82 Å². The minimum atomic E-state index is -3.68. The molecule has 13 heteroatoms. The molecule has 1 N–H and O–H groups in total. The van der Waals surface area contributed by atoms with Gasteiger partial charge in [0.25, 0.3) is 0 Å². The van der Waals surface area contributed by atoms with E-state index in [0.717, 1.165) is 77.5 Å². The number of nitrogens with one attached hydrogen (secondary N) is 1. The molecule has 50 heavy (non-hydrogen) atoms. The van der Waals surface area contributed by atoms with Gasteiger partial charge < -0.3 is 19.4 Å². The van der Waals surface area contributed by atoms with E-state index in [1.807, 2.05) is 43.5 Å². The number of ether oxygens (including phenoxy) is 1. The lowest BCUT2D eigenvalue weighted by atomic mass is 9.89. The summed E-state index contributed by atoms with van der Waals surface area (Å²) in [7, 11) is 0.211. The zero-order chi connectivity index (χ0) is 34.6. The molecule has 0 amide bonds. The van der Waals surface area contributed by atoms with E-state index in [1.165, 1.54) is 5.56 Å². The quantitative estimate of drug-likeness (QED) is 0.163. The van der Waals surface area contributed by atoms with Gasteiger partial charge >= 0.3 is 0 Å². The molecule has 1 saturated heterocycles. The van der Waals surface area contributed by atoms with Crippen LogP contribution in [0.1, 0.15) is 80.0 Å². The van der Waals surface area contributed by atoms with E-state index in [9.17, 15) is 8.42 Å². The fourth-order valence-electron chi connectivity index (χ4n) is 7.74. The van der Waals surface area contributed by atoms with Crippen molar-refractivity contribution in [3.63, 3.8) is 0 Å². The number of nitrogens with zero attached hydrogens (tertiary/aromatic N) is 6. The van der Waals surface area contributed by atoms with Crippen LogP contribution in [-0.2, 0) is 34.0 Å². The second kappa shape index (κ2) is 13.4. The third-order valence-corrected chi connectivity index (χ3v) is 13.4. The van der Waals surface area contributed by atoms with Crippen LogP contribution in [0, 0.1) is 11.8 Å². The summed E-state index contributed by atoms with van der Waals surface area (Å²) in [4.78, 5) is 17.7. The van der Waals surface area contributed by atoms with Gasteiger partial charge in [-0.05, 0) is 93.6 Å². The fraction of sp³-hybridized carbons (Fsp3) is 0.486. The van der Waals surface area contributed by atoms with E-state index in [-0.39, 0.29) is 23.6 Å². The predicted octanol–water partition coefficient (Wildman–Crippen LogP) is 6.85. The smallest absolute Gasteiger partial charge is 0.250 e. The molecular formula is C37H43N7O4S2. The Balaban J connectivity index is 1.32. The van der Waals surface area contributed by atoms with Crippen molar-refractivity contribution in [3.8, 4) is 21.9 Å². The second-order valence-electron chi connectivity index (χ2n) is 14.5. The molecule has 8 rings (SSSR count). The normalized spacial score (nSPS) is 20.2. The number of aryl methyl sites for hydroxylation is 2. The maximum Gasteiger partial charge on any atom is 0.250 e. The van der Waals surface area contributed by atoms with Crippen LogP contribution in [-0.4, -0.2) is 71.5 Å². The molecule has 0 aromatic carbocycles. The molecule has 1 aliphatic carbocycles. The number of hydrogen-bond donors (Lipinski definition) is 1. The summed E-state index contributed by atoms with van der Waals surface area (Å²) >= 11 is 1.55. The Bertz CT molecular complexity index is 2150. The second-order valence-corrected chi connectivity index (χ2v) is 17.5. The molecule has 5 aromatic rings. The van der Waals surface area contributed by atoms with Gasteiger partial charge in [-0.25, -0.2) is 13.4 Å². The summed E-state index contributed by atoms with van der Waals surface area (Å²) < 4.78 is 41.5. The molecule has 1 fully saturated rings. The standard InChI is InChI=1S/C37H43N7O4S2/c1-21(2)25-20-50(45,46)35-32(29-18-23-11-15-39-36(34(23)49-29)41-27-10-9-26-24(27)6-5-14-38-26)31(37-43-42-30(48-37)19-44(3)4)28(40-33(25)35)8-7-22-12-16-47-17-13-22/h5-6,11,14-15,18,21-22,25,27H,7-10,12-13,16-17,19-20H2,1-4H3,(H,39,41)/t25-,27?/m1/s1. The Morgan fingerprint density at radius 2 is 1.90 bits per heavy atom. The number of pyridine rings is 3. The van der Waals surface area contributed by atoms with Crippen molar-refractivity contribution < 1.29 is 17.6 Å². The first-order valence-electron chi connectivity index (χ1n) is 17.6. The number of fused-ring (bicyclic) bond motifs is 3. The summed E-state index contributed by atoms with van der Waals surface area (Å²) in [6.45, 7) is 6.16. The zero-order valence-electron chi connectivity index (χ0n) is 29.0. The molecule has 2 atom stereocenters. The van der Waals surface area contributed by atoms with Crippen molar-refractivity contribution in [2.45, 2.75) is 75.8 Å². The van der Waals surface area contributed by atoms with Crippen LogP contribution < -0.4 is 5.32 Å². The molecule has 3 aliphatic rings. The number of rotatable bonds is 10. The monoisotopic (exact) mass is 713 g/mol. The van der Waals surface area contributed by atoms with Gasteiger partial charge in [-0.15, -0.1) is 21.5 Å². The molecule has 0 spiro atoms. The van der Waals surface area contributed by atoms with Gasteiger partial charge in [-0.1, -0.05) is 19.9 Å². The van der Waals surface area contributed by atoms with Gasteiger partial charge in [-0.2, -0.15) is 0 Å². The van der Waals surface area contributed by atoms with Crippen LogP contribution in [0.2, 0.25) is 0 Å². The summed E-state index contributed by atoms with van der Waals surface area (Å²) in [5.74, 6) is 1.98. The van der Waals surface area contributed by atoms with E-state index in [2.05, 4.69) is 46.5 Å². The van der Waals surface area contributed by atoms with Crippen LogP contribution in [0.15, 0.2) is 46.0 Å². The molecule has 0 bridgehead atoms. The highest BCUT2D eigenvalue weighted by Crippen LogP contribution is 2.51. The van der Waals surface area contributed by atoms with Crippen LogP contribution in [0.5, 0.6) is 0 Å². The Hall–Kier alpha value is -3.78. The first-order chi connectivity index (χ1) is 24.2. The Morgan fingerprint density at radius 1 is 1.06 bits per heavy atom. The summed E-state index contributed by atoms with van der Waals surface area (Å²) in [6.07, 6.45) is 9.11. The SMILES string of the molecule is CC(C)[C@H]1CS(=O)(=O)c2c1nc(CCC1CCOCC1)c(-c1nnc(CN(C)C)o1)c2-c1cc2ccnc(NC3CCc4ncccc43)c2s1. The molecule has 262 valence electrons. The average molecular weight is 714 g/mol.